The number of rotatable bonds is 3. The van der Waals surface area contributed by atoms with E-state index in [1.165, 1.54) is 23.3 Å². The third-order valence-electron chi connectivity index (χ3n) is 3.51. The highest BCUT2D eigenvalue weighted by Gasteiger charge is 2.18. The zero-order valence-electron chi connectivity index (χ0n) is 10.5. The van der Waals surface area contributed by atoms with Crippen LogP contribution in [0.15, 0.2) is 12.1 Å². The molecule has 0 aliphatic carbocycles. The fourth-order valence-electron chi connectivity index (χ4n) is 2.77. The lowest BCUT2D eigenvalue weighted by Crippen LogP contribution is -2.10. The molecule has 2 heterocycles. The molecule has 17 heavy (non-hydrogen) atoms. The van der Waals surface area contributed by atoms with Gasteiger partial charge in [-0.05, 0) is 30.9 Å². The number of benzene rings is 1. The van der Waals surface area contributed by atoms with Gasteiger partial charge >= 0.3 is 0 Å². The molecule has 0 unspecified atom stereocenters. The van der Waals surface area contributed by atoms with Crippen molar-refractivity contribution in [2.75, 3.05) is 7.11 Å². The first-order valence-electron chi connectivity index (χ1n) is 6.39. The summed E-state index contributed by atoms with van der Waals surface area (Å²) < 4.78 is 7.75. The van der Waals surface area contributed by atoms with Crippen molar-refractivity contribution in [1.29, 1.82) is 0 Å². The van der Waals surface area contributed by atoms with Gasteiger partial charge in [0.05, 0.1) is 18.1 Å². The molecule has 1 aliphatic heterocycles. The van der Waals surface area contributed by atoms with Gasteiger partial charge in [0.25, 0.3) is 0 Å². The molecule has 0 N–H and O–H groups in total. The first-order valence-corrected chi connectivity index (χ1v) is 6.39. The van der Waals surface area contributed by atoms with Crippen LogP contribution in [0.2, 0.25) is 0 Å². The van der Waals surface area contributed by atoms with Gasteiger partial charge in [-0.25, -0.2) is 4.98 Å². The van der Waals surface area contributed by atoms with E-state index in [1.54, 1.807) is 7.11 Å². The predicted octanol–water partition coefficient (Wildman–Crippen LogP) is 2.94. The van der Waals surface area contributed by atoms with Crippen molar-refractivity contribution >= 4 is 11.0 Å². The van der Waals surface area contributed by atoms with Gasteiger partial charge in [0.15, 0.2) is 0 Å². The van der Waals surface area contributed by atoms with Crippen LogP contribution >= 0.6 is 0 Å². The van der Waals surface area contributed by atoms with Gasteiger partial charge < -0.3 is 9.30 Å². The highest BCUT2D eigenvalue weighted by molar-refractivity contribution is 5.82. The third kappa shape index (κ3) is 1.61. The highest BCUT2D eigenvalue weighted by atomic mass is 16.5. The maximum atomic E-state index is 5.35. The van der Waals surface area contributed by atoms with E-state index < -0.39 is 0 Å². The quantitative estimate of drug-likeness (QED) is 0.810. The largest absolute Gasteiger partial charge is 0.497 e. The summed E-state index contributed by atoms with van der Waals surface area (Å²) in [4.78, 5) is 4.77. The lowest BCUT2D eigenvalue weighted by atomic mass is 10.0. The fraction of sp³-hybridized carbons (Fsp3) is 0.500. The lowest BCUT2D eigenvalue weighted by Gasteiger charge is -2.17. The molecule has 2 aromatic rings. The Kier molecular flexibility index (Phi) is 2.54. The van der Waals surface area contributed by atoms with Crippen LogP contribution in [0.1, 0.15) is 31.2 Å². The number of hydrogen-bond donors (Lipinski definition) is 0. The van der Waals surface area contributed by atoms with Gasteiger partial charge in [-0.15, -0.1) is 0 Å². The first kappa shape index (κ1) is 10.6. The number of nitrogens with zero attached hydrogens (tertiary/aromatic N) is 2. The second-order valence-electron chi connectivity index (χ2n) is 4.69. The second kappa shape index (κ2) is 4.06. The van der Waals surface area contributed by atoms with Crippen molar-refractivity contribution in [3.05, 3.63) is 23.5 Å². The van der Waals surface area contributed by atoms with E-state index >= 15 is 0 Å². The lowest BCUT2D eigenvalue weighted by molar-refractivity contribution is 0.414. The minimum Gasteiger partial charge on any atom is -0.497 e. The Morgan fingerprint density at radius 3 is 3.06 bits per heavy atom. The van der Waals surface area contributed by atoms with Crippen molar-refractivity contribution in [2.45, 2.75) is 39.2 Å². The van der Waals surface area contributed by atoms with E-state index in [0.29, 0.717) is 0 Å². The van der Waals surface area contributed by atoms with Crippen LogP contribution in [0.5, 0.6) is 5.75 Å². The molecule has 1 aliphatic rings. The molecular weight excluding hydrogens is 212 g/mol. The number of aromatic nitrogens is 2. The Hall–Kier alpha value is -1.51. The Balaban J connectivity index is 2.25. The van der Waals surface area contributed by atoms with Crippen molar-refractivity contribution in [2.24, 2.45) is 0 Å². The average molecular weight is 230 g/mol. The molecule has 0 saturated carbocycles. The second-order valence-corrected chi connectivity index (χ2v) is 4.69. The molecule has 0 amide bonds. The molecule has 3 rings (SSSR count). The summed E-state index contributed by atoms with van der Waals surface area (Å²) in [5, 5.41) is 0. The van der Waals surface area contributed by atoms with Gasteiger partial charge in [0.1, 0.15) is 11.6 Å². The summed E-state index contributed by atoms with van der Waals surface area (Å²) in [5.74, 6) is 2.17. The van der Waals surface area contributed by atoms with E-state index in [2.05, 4.69) is 23.6 Å². The van der Waals surface area contributed by atoms with Gasteiger partial charge in [-0.3, -0.25) is 0 Å². The standard InChI is InChI=1S/C14H18N2O/c1-3-5-13-15-12-9-11(17-2)8-10-6-4-7-16(13)14(10)12/h8-9H,3-7H2,1-2H3. The highest BCUT2D eigenvalue weighted by Crippen LogP contribution is 2.30. The zero-order valence-corrected chi connectivity index (χ0v) is 10.5. The van der Waals surface area contributed by atoms with E-state index in [9.17, 15) is 0 Å². The third-order valence-corrected chi connectivity index (χ3v) is 3.51. The van der Waals surface area contributed by atoms with Crippen LogP contribution in [-0.2, 0) is 19.4 Å². The molecule has 0 spiro atoms. The fourth-order valence-corrected chi connectivity index (χ4v) is 2.77. The maximum Gasteiger partial charge on any atom is 0.121 e. The van der Waals surface area contributed by atoms with E-state index in [1.807, 2.05) is 0 Å². The van der Waals surface area contributed by atoms with Gasteiger partial charge in [-0.2, -0.15) is 0 Å². The monoisotopic (exact) mass is 230 g/mol. The predicted molar refractivity (Wildman–Crippen MR) is 68.6 cm³/mol. The van der Waals surface area contributed by atoms with Crippen LogP contribution in [0.3, 0.4) is 0 Å². The van der Waals surface area contributed by atoms with Crippen LogP contribution in [0.25, 0.3) is 11.0 Å². The van der Waals surface area contributed by atoms with Gasteiger partial charge in [0, 0.05) is 19.0 Å². The van der Waals surface area contributed by atoms with Crippen LogP contribution in [0.4, 0.5) is 0 Å². The number of hydrogen-bond acceptors (Lipinski definition) is 2. The van der Waals surface area contributed by atoms with Gasteiger partial charge in [0.2, 0.25) is 0 Å². The molecular formula is C14H18N2O. The molecule has 3 nitrogen and oxygen atoms in total. The summed E-state index contributed by atoms with van der Waals surface area (Å²) >= 11 is 0. The summed E-state index contributed by atoms with van der Waals surface area (Å²) in [5.41, 5.74) is 3.82. The molecule has 90 valence electrons. The van der Waals surface area contributed by atoms with Crippen LogP contribution in [0, 0.1) is 0 Å². The Morgan fingerprint density at radius 2 is 2.29 bits per heavy atom. The molecule has 0 saturated heterocycles. The number of methoxy groups -OCH3 is 1. The van der Waals surface area contributed by atoms with Crippen molar-refractivity contribution < 1.29 is 4.74 Å². The Morgan fingerprint density at radius 1 is 1.41 bits per heavy atom. The van der Waals surface area contributed by atoms with Crippen molar-refractivity contribution in [3.8, 4) is 5.75 Å². The number of aryl methyl sites for hydroxylation is 3. The van der Waals surface area contributed by atoms with Crippen LogP contribution < -0.4 is 4.74 Å². The van der Waals surface area contributed by atoms with Gasteiger partial charge in [-0.1, -0.05) is 6.92 Å². The van der Waals surface area contributed by atoms with E-state index in [-0.39, 0.29) is 0 Å². The van der Waals surface area contributed by atoms with E-state index in [4.69, 9.17) is 9.72 Å². The molecule has 0 bridgehead atoms. The Bertz CT molecular complexity index is 557. The SMILES string of the molecule is CCCc1nc2cc(OC)cc3c2n1CCC3. The topological polar surface area (TPSA) is 27.1 Å². The smallest absolute Gasteiger partial charge is 0.121 e. The maximum absolute atomic E-state index is 5.35. The Labute approximate surface area is 101 Å². The average Bonchev–Trinajstić information content (AvgIpc) is 2.70. The zero-order chi connectivity index (χ0) is 11.8. The molecule has 1 aromatic heterocycles. The van der Waals surface area contributed by atoms with Crippen molar-refractivity contribution in [3.63, 3.8) is 0 Å². The molecule has 0 atom stereocenters. The first-order chi connectivity index (χ1) is 8.33. The van der Waals surface area contributed by atoms with E-state index in [0.717, 1.165) is 37.1 Å². The summed E-state index contributed by atoms with van der Waals surface area (Å²) in [6.45, 7) is 3.32. The minimum atomic E-state index is 0.932. The molecule has 3 heteroatoms. The normalized spacial score (nSPS) is 14.2. The molecule has 1 aromatic carbocycles. The number of ether oxygens (including phenoxy) is 1. The summed E-state index contributed by atoms with van der Waals surface area (Å²) in [7, 11) is 1.72. The summed E-state index contributed by atoms with van der Waals surface area (Å²) in [6.07, 6.45) is 4.57. The summed E-state index contributed by atoms with van der Waals surface area (Å²) in [6, 6.07) is 4.22. The number of imidazole rings is 1. The molecule has 0 fully saturated rings. The minimum absolute atomic E-state index is 0.932. The molecule has 0 radical (unpaired) electrons. The van der Waals surface area contributed by atoms with Crippen molar-refractivity contribution in [1.82, 2.24) is 9.55 Å². The van der Waals surface area contributed by atoms with Crippen LogP contribution in [-0.4, -0.2) is 16.7 Å².